The highest BCUT2D eigenvalue weighted by Gasteiger charge is 2.24. The van der Waals surface area contributed by atoms with Crippen molar-refractivity contribution in [3.05, 3.63) is 35.2 Å². The smallest absolute Gasteiger partial charge is 0.269 e. The molecule has 1 amide bonds. The molecule has 4 N–H and O–H groups in total. The average molecular weight is 398 g/mol. The zero-order chi connectivity index (χ0) is 20.2. The highest BCUT2D eigenvalue weighted by molar-refractivity contribution is 6.38. The molecular formula is C19H20ClN7O. The van der Waals surface area contributed by atoms with E-state index in [0.717, 1.165) is 16.5 Å². The molecule has 3 heterocycles. The van der Waals surface area contributed by atoms with Crippen molar-refractivity contribution in [2.75, 3.05) is 12.8 Å². The third-order valence-electron chi connectivity index (χ3n) is 4.59. The van der Waals surface area contributed by atoms with Gasteiger partial charge in [-0.2, -0.15) is 5.10 Å². The van der Waals surface area contributed by atoms with Crippen molar-refractivity contribution >= 4 is 45.3 Å². The molecule has 0 fully saturated rings. The summed E-state index contributed by atoms with van der Waals surface area (Å²) in [6.45, 7) is 6.14. The second-order valence-electron chi connectivity index (χ2n) is 7.54. The molecule has 0 aliphatic heterocycles. The predicted octanol–water partition coefficient (Wildman–Crippen LogP) is 3.32. The first-order valence-electron chi connectivity index (χ1n) is 8.75. The van der Waals surface area contributed by atoms with Crippen molar-refractivity contribution in [1.29, 1.82) is 0 Å². The van der Waals surface area contributed by atoms with Gasteiger partial charge in [-0.1, -0.05) is 23.7 Å². The molecule has 8 nitrogen and oxygen atoms in total. The fourth-order valence-corrected chi connectivity index (χ4v) is 3.53. The van der Waals surface area contributed by atoms with Crippen LogP contribution < -0.4 is 11.1 Å². The SMILES string of the molecule is CNC(=O)c1[nH]c2cc(-c3nn(C(C)(C)C)c4ncnc(N)c34)ccc2c1Cl. The molecule has 0 aliphatic carbocycles. The van der Waals surface area contributed by atoms with E-state index in [9.17, 15) is 4.79 Å². The van der Waals surface area contributed by atoms with E-state index < -0.39 is 0 Å². The topological polar surface area (TPSA) is 115 Å². The number of H-pyrrole nitrogens is 1. The lowest BCUT2D eigenvalue weighted by atomic mass is 10.1. The van der Waals surface area contributed by atoms with Gasteiger partial charge < -0.3 is 16.0 Å². The Morgan fingerprint density at radius 3 is 2.71 bits per heavy atom. The summed E-state index contributed by atoms with van der Waals surface area (Å²) in [6.07, 6.45) is 1.44. The first-order valence-corrected chi connectivity index (χ1v) is 9.13. The van der Waals surface area contributed by atoms with Gasteiger partial charge in [0.25, 0.3) is 5.91 Å². The lowest BCUT2D eigenvalue weighted by Crippen LogP contribution is -2.23. The third kappa shape index (κ3) is 2.68. The summed E-state index contributed by atoms with van der Waals surface area (Å²) in [7, 11) is 1.56. The second-order valence-corrected chi connectivity index (χ2v) is 7.92. The molecular weight excluding hydrogens is 378 g/mol. The zero-order valence-electron chi connectivity index (χ0n) is 16.0. The Morgan fingerprint density at radius 2 is 2.04 bits per heavy atom. The van der Waals surface area contributed by atoms with Gasteiger partial charge in [0.1, 0.15) is 23.5 Å². The third-order valence-corrected chi connectivity index (χ3v) is 4.98. The number of nitrogen functional groups attached to an aromatic ring is 1. The standard InChI is InChI=1S/C19H20ClN7O/c1-19(2,3)27-17-12(16(21)23-8-24-17)14(26-27)9-5-6-10-11(7-9)25-15(13(10)20)18(28)22-4/h5-8,25H,1-4H3,(H,22,28)(H2,21,23,24). The van der Waals surface area contributed by atoms with Gasteiger partial charge in [0, 0.05) is 23.5 Å². The highest BCUT2D eigenvalue weighted by atomic mass is 35.5. The largest absolute Gasteiger partial charge is 0.383 e. The Hall–Kier alpha value is -3.13. The van der Waals surface area contributed by atoms with Crippen LogP contribution in [0.15, 0.2) is 24.5 Å². The molecule has 0 radical (unpaired) electrons. The number of aromatic nitrogens is 5. The van der Waals surface area contributed by atoms with Crippen molar-refractivity contribution in [3.63, 3.8) is 0 Å². The van der Waals surface area contributed by atoms with Crippen LogP contribution >= 0.6 is 11.6 Å². The van der Waals surface area contributed by atoms with Crippen LogP contribution in [0.2, 0.25) is 5.02 Å². The fourth-order valence-electron chi connectivity index (χ4n) is 3.24. The molecule has 0 atom stereocenters. The lowest BCUT2D eigenvalue weighted by Gasteiger charge is -2.19. The molecule has 0 saturated heterocycles. The molecule has 4 aromatic rings. The summed E-state index contributed by atoms with van der Waals surface area (Å²) in [5, 5.41) is 9.20. The van der Waals surface area contributed by atoms with E-state index in [2.05, 4.69) is 20.3 Å². The number of carbonyl (C=O) groups excluding carboxylic acids is 1. The Kier molecular flexibility index (Phi) is 4.04. The van der Waals surface area contributed by atoms with Crippen LogP contribution in [0.5, 0.6) is 0 Å². The number of fused-ring (bicyclic) bond motifs is 2. The minimum absolute atomic E-state index is 0.275. The molecule has 0 aliphatic rings. The number of halogens is 1. The summed E-state index contributed by atoms with van der Waals surface area (Å²) >= 11 is 6.36. The number of hydrogen-bond donors (Lipinski definition) is 3. The molecule has 0 bridgehead atoms. The molecule has 3 aromatic heterocycles. The van der Waals surface area contributed by atoms with Crippen molar-refractivity contribution in [3.8, 4) is 11.3 Å². The summed E-state index contributed by atoms with van der Waals surface area (Å²) in [6, 6.07) is 5.66. The number of amides is 1. The quantitative estimate of drug-likeness (QED) is 0.480. The number of aromatic amines is 1. The number of nitrogens with two attached hydrogens (primary N) is 1. The van der Waals surface area contributed by atoms with Crippen LogP contribution in [0.1, 0.15) is 31.3 Å². The molecule has 4 rings (SSSR count). The summed E-state index contributed by atoms with van der Waals surface area (Å²) < 4.78 is 1.84. The van der Waals surface area contributed by atoms with E-state index in [1.807, 2.05) is 43.7 Å². The van der Waals surface area contributed by atoms with Gasteiger partial charge in [0.15, 0.2) is 5.65 Å². The summed E-state index contributed by atoms with van der Waals surface area (Å²) in [5.74, 6) is 0.0917. The normalized spacial score (nSPS) is 12.0. The van der Waals surface area contributed by atoms with Gasteiger partial charge in [0.2, 0.25) is 0 Å². The van der Waals surface area contributed by atoms with Crippen molar-refractivity contribution in [2.24, 2.45) is 0 Å². The van der Waals surface area contributed by atoms with Crippen LogP contribution in [-0.4, -0.2) is 37.7 Å². The summed E-state index contributed by atoms with van der Waals surface area (Å²) in [4.78, 5) is 23.6. The molecule has 9 heteroatoms. The van der Waals surface area contributed by atoms with Gasteiger partial charge in [-0.05, 0) is 26.8 Å². The van der Waals surface area contributed by atoms with Crippen LogP contribution in [-0.2, 0) is 5.54 Å². The number of nitrogens with zero attached hydrogens (tertiary/aromatic N) is 4. The van der Waals surface area contributed by atoms with Crippen molar-refractivity contribution < 1.29 is 4.79 Å². The molecule has 1 aromatic carbocycles. The fraction of sp³-hybridized carbons (Fsp3) is 0.263. The minimum Gasteiger partial charge on any atom is -0.383 e. The van der Waals surface area contributed by atoms with Crippen LogP contribution in [0.25, 0.3) is 33.2 Å². The minimum atomic E-state index is -0.288. The summed E-state index contributed by atoms with van der Waals surface area (Å²) in [5.41, 5.74) is 9.10. The van der Waals surface area contributed by atoms with E-state index in [-0.39, 0.29) is 11.4 Å². The van der Waals surface area contributed by atoms with Gasteiger partial charge in [-0.3, -0.25) is 4.79 Å². The molecule has 0 saturated carbocycles. The molecule has 28 heavy (non-hydrogen) atoms. The number of rotatable bonds is 2. The van der Waals surface area contributed by atoms with Gasteiger partial charge >= 0.3 is 0 Å². The maximum absolute atomic E-state index is 12.0. The first kappa shape index (κ1) is 18.2. The average Bonchev–Trinajstić information content (AvgIpc) is 3.20. The Labute approximate surface area is 166 Å². The lowest BCUT2D eigenvalue weighted by molar-refractivity contribution is 0.0959. The Balaban J connectivity index is 1.98. The van der Waals surface area contributed by atoms with E-state index in [4.69, 9.17) is 22.4 Å². The van der Waals surface area contributed by atoms with E-state index in [1.54, 1.807) is 7.05 Å². The van der Waals surface area contributed by atoms with Crippen molar-refractivity contribution in [2.45, 2.75) is 26.3 Å². The van der Waals surface area contributed by atoms with Crippen LogP contribution in [0, 0.1) is 0 Å². The highest BCUT2D eigenvalue weighted by Crippen LogP contribution is 2.36. The monoisotopic (exact) mass is 397 g/mol. The van der Waals surface area contributed by atoms with E-state index in [1.165, 1.54) is 6.33 Å². The maximum Gasteiger partial charge on any atom is 0.269 e. The number of carbonyl (C=O) groups is 1. The molecule has 0 spiro atoms. The Morgan fingerprint density at radius 1 is 1.29 bits per heavy atom. The van der Waals surface area contributed by atoms with Gasteiger partial charge in [-0.15, -0.1) is 0 Å². The predicted molar refractivity (Wildman–Crippen MR) is 110 cm³/mol. The van der Waals surface area contributed by atoms with Crippen LogP contribution in [0.3, 0.4) is 0 Å². The number of hydrogen-bond acceptors (Lipinski definition) is 5. The molecule has 0 unspecified atom stereocenters. The van der Waals surface area contributed by atoms with Gasteiger partial charge in [-0.25, -0.2) is 14.6 Å². The van der Waals surface area contributed by atoms with Crippen LogP contribution in [0.4, 0.5) is 5.82 Å². The van der Waals surface area contributed by atoms with E-state index >= 15 is 0 Å². The first-order chi connectivity index (χ1) is 13.2. The number of anilines is 1. The number of benzene rings is 1. The number of nitrogens with one attached hydrogen (secondary N) is 2. The van der Waals surface area contributed by atoms with Crippen molar-refractivity contribution in [1.82, 2.24) is 30.0 Å². The maximum atomic E-state index is 12.0. The second kappa shape index (κ2) is 6.20. The molecule has 144 valence electrons. The zero-order valence-corrected chi connectivity index (χ0v) is 16.7. The van der Waals surface area contributed by atoms with Gasteiger partial charge in [0.05, 0.1) is 15.9 Å². The van der Waals surface area contributed by atoms with E-state index in [0.29, 0.717) is 33.3 Å². The Bertz CT molecular complexity index is 1230.